The molecule has 3 rings (SSSR count). The summed E-state index contributed by atoms with van der Waals surface area (Å²) in [5, 5.41) is 9.14. The van der Waals surface area contributed by atoms with Gasteiger partial charge in [0.15, 0.2) is 0 Å². The number of carboxylic acid groups (broad SMARTS) is 1. The number of aryl methyl sites for hydroxylation is 1. The molecule has 3 heteroatoms. The third kappa shape index (κ3) is 1.94. The summed E-state index contributed by atoms with van der Waals surface area (Å²) in [7, 11) is 0. The molecule has 0 aliphatic heterocycles. The molecule has 1 N–H and O–H groups in total. The van der Waals surface area contributed by atoms with Gasteiger partial charge in [0.05, 0.1) is 11.6 Å². The van der Waals surface area contributed by atoms with E-state index in [0.29, 0.717) is 6.42 Å². The van der Waals surface area contributed by atoms with Crippen molar-refractivity contribution in [2.45, 2.75) is 44.4 Å². The maximum atomic E-state index is 11.1. The number of rotatable bonds is 2. The normalized spacial score (nSPS) is 22.4. The second kappa shape index (κ2) is 4.56. The molecule has 1 unspecified atom stereocenters. The zero-order valence-electron chi connectivity index (χ0n) is 10.4. The van der Waals surface area contributed by atoms with E-state index in [1.165, 1.54) is 18.4 Å². The lowest BCUT2D eigenvalue weighted by Crippen LogP contribution is -2.08. The number of hydrogen-bond acceptors (Lipinski definition) is 2. The van der Waals surface area contributed by atoms with E-state index in [9.17, 15) is 4.79 Å². The van der Waals surface area contributed by atoms with Gasteiger partial charge in [0.2, 0.25) is 0 Å². The topological polar surface area (TPSA) is 50.2 Å². The van der Waals surface area contributed by atoms with E-state index in [2.05, 4.69) is 11.1 Å². The highest BCUT2D eigenvalue weighted by Crippen LogP contribution is 2.34. The average Bonchev–Trinajstić information content (AvgIpc) is 2.82. The predicted octanol–water partition coefficient (Wildman–Crippen LogP) is 3.15. The molecule has 0 spiro atoms. The molecule has 2 aliphatic rings. The van der Waals surface area contributed by atoms with Gasteiger partial charge in [-0.2, -0.15) is 0 Å². The predicted molar refractivity (Wildman–Crippen MR) is 69.4 cm³/mol. The Balaban J connectivity index is 1.93. The summed E-state index contributed by atoms with van der Waals surface area (Å²) >= 11 is 0. The number of nitrogens with zero attached hydrogens (tertiary/aromatic N) is 1. The third-order valence-corrected chi connectivity index (χ3v) is 3.97. The Morgan fingerprint density at radius 3 is 2.89 bits per heavy atom. The van der Waals surface area contributed by atoms with E-state index in [1.54, 1.807) is 0 Å². The maximum absolute atomic E-state index is 11.1. The number of fused-ring (bicyclic) bond motifs is 1. The fraction of sp³-hybridized carbons (Fsp3) is 0.467. The molecule has 0 aromatic carbocycles. The third-order valence-electron chi connectivity index (χ3n) is 3.97. The molecule has 0 radical (unpaired) electrons. The first kappa shape index (κ1) is 11.5. The van der Waals surface area contributed by atoms with Gasteiger partial charge in [-0.15, -0.1) is 0 Å². The van der Waals surface area contributed by atoms with Crippen LogP contribution in [0.2, 0.25) is 0 Å². The molecule has 0 amide bonds. The fourth-order valence-electron chi connectivity index (χ4n) is 2.97. The van der Waals surface area contributed by atoms with Crippen LogP contribution in [0.15, 0.2) is 18.2 Å². The van der Waals surface area contributed by atoms with Gasteiger partial charge in [0.1, 0.15) is 0 Å². The van der Waals surface area contributed by atoms with Crippen LogP contribution in [-0.4, -0.2) is 16.1 Å². The number of allylic oxidation sites excluding steroid dienone is 2. The molecule has 1 atom stereocenters. The number of aromatic nitrogens is 1. The molecule has 0 bridgehead atoms. The molecule has 0 saturated carbocycles. The van der Waals surface area contributed by atoms with Crippen molar-refractivity contribution in [3.63, 3.8) is 0 Å². The highest BCUT2D eigenvalue weighted by molar-refractivity contribution is 5.78. The summed E-state index contributed by atoms with van der Waals surface area (Å²) in [4.78, 5) is 15.8. The quantitative estimate of drug-likeness (QED) is 0.868. The van der Waals surface area contributed by atoms with Crippen LogP contribution in [0, 0.1) is 0 Å². The van der Waals surface area contributed by atoms with Crippen LogP contribution in [0.3, 0.4) is 0 Å². The Bertz CT molecular complexity index is 519. The lowest BCUT2D eigenvalue weighted by molar-refractivity contribution is -0.138. The largest absolute Gasteiger partial charge is 0.481 e. The molecule has 3 nitrogen and oxygen atoms in total. The maximum Gasteiger partial charge on any atom is 0.311 e. The molecule has 1 aromatic rings. The molecular formula is C15H17NO2. The molecule has 1 heterocycles. The van der Waals surface area contributed by atoms with Crippen molar-refractivity contribution in [3.05, 3.63) is 35.2 Å². The van der Waals surface area contributed by atoms with Gasteiger partial charge < -0.3 is 5.11 Å². The van der Waals surface area contributed by atoms with Crippen LogP contribution < -0.4 is 0 Å². The summed E-state index contributed by atoms with van der Waals surface area (Å²) < 4.78 is 0. The van der Waals surface area contributed by atoms with Crippen molar-refractivity contribution in [1.29, 1.82) is 0 Å². The van der Waals surface area contributed by atoms with E-state index in [4.69, 9.17) is 5.11 Å². The standard InChI is InChI=1S/C15H17NO2/c17-15(18)12-7-9-14-11(12)6-8-13(16-14)10-4-2-1-3-5-10/h4,6,8,12H,1-3,5,7,9H2,(H,17,18). The summed E-state index contributed by atoms with van der Waals surface area (Å²) in [6, 6.07) is 3.97. The summed E-state index contributed by atoms with van der Waals surface area (Å²) in [6.45, 7) is 0. The minimum Gasteiger partial charge on any atom is -0.481 e. The highest BCUT2D eigenvalue weighted by Gasteiger charge is 2.29. The Morgan fingerprint density at radius 2 is 2.17 bits per heavy atom. The van der Waals surface area contributed by atoms with Crippen LogP contribution in [-0.2, 0) is 11.2 Å². The summed E-state index contributed by atoms with van der Waals surface area (Å²) in [5.74, 6) is -1.07. The van der Waals surface area contributed by atoms with Crippen molar-refractivity contribution in [2.75, 3.05) is 0 Å². The van der Waals surface area contributed by atoms with Gasteiger partial charge in [-0.05, 0) is 55.7 Å². The van der Waals surface area contributed by atoms with E-state index < -0.39 is 5.97 Å². The monoisotopic (exact) mass is 243 g/mol. The molecule has 0 saturated heterocycles. The van der Waals surface area contributed by atoms with Gasteiger partial charge in [-0.25, -0.2) is 0 Å². The Labute approximate surface area is 107 Å². The minimum atomic E-state index is -0.722. The van der Waals surface area contributed by atoms with Crippen molar-refractivity contribution in [1.82, 2.24) is 4.98 Å². The van der Waals surface area contributed by atoms with Crippen LogP contribution in [0.1, 0.15) is 55.0 Å². The first-order chi connectivity index (χ1) is 8.75. The van der Waals surface area contributed by atoms with Crippen molar-refractivity contribution in [3.8, 4) is 0 Å². The summed E-state index contributed by atoms with van der Waals surface area (Å²) in [5.41, 5.74) is 4.30. The van der Waals surface area contributed by atoms with Crippen LogP contribution in [0.5, 0.6) is 0 Å². The first-order valence-electron chi connectivity index (χ1n) is 6.68. The van der Waals surface area contributed by atoms with Gasteiger partial charge in [-0.3, -0.25) is 9.78 Å². The molecule has 18 heavy (non-hydrogen) atoms. The molecule has 94 valence electrons. The second-order valence-electron chi connectivity index (χ2n) is 5.14. The average molecular weight is 243 g/mol. The lowest BCUT2D eigenvalue weighted by Gasteiger charge is -2.13. The van der Waals surface area contributed by atoms with E-state index in [-0.39, 0.29) is 5.92 Å². The second-order valence-corrected chi connectivity index (χ2v) is 5.14. The first-order valence-corrected chi connectivity index (χ1v) is 6.68. The molecule has 2 aliphatic carbocycles. The van der Waals surface area contributed by atoms with Gasteiger partial charge >= 0.3 is 5.97 Å². The van der Waals surface area contributed by atoms with Crippen LogP contribution in [0.4, 0.5) is 0 Å². The smallest absolute Gasteiger partial charge is 0.311 e. The zero-order valence-corrected chi connectivity index (χ0v) is 10.4. The fourth-order valence-corrected chi connectivity index (χ4v) is 2.97. The van der Waals surface area contributed by atoms with Crippen molar-refractivity contribution >= 4 is 11.5 Å². The highest BCUT2D eigenvalue weighted by atomic mass is 16.4. The molecule has 0 fully saturated rings. The zero-order chi connectivity index (χ0) is 12.5. The number of carbonyl (C=O) groups is 1. The van der Waals surface area contributed by atoms with E-state index in [0.717, 1.165) is 36.2 Å². The van der Waals surface area contributed by atoms with E-state index >= 15 is 0 Å². The van der Waals surface area contributed by atoms with Crippen molar-refractivity contribution in [2.24, 2.45) is 0 Å². The lowest BCUT2D eigenvalue weighted by atomic mass is 9.96. The number of hydrogen-bond donors (Lipinski definition) is 1. The Kier molecular flexibility index (Phi) is 2.90. The Hall–Kier alpha value is -1.64. The SMILES string of the molecule is O=C(O)C1CCc2nc(C3=CCCCC3)ccc21. The molecular weight excluding hydrogens is 226 g/mol. The number of pyridine rings is 1. The number of carboxylic acids is 1. The van der Waals surface area contributed by atoms with Gasteiger partial charge in [0, 0.05) is 5.69 Å². The minimum absolute atomic E-state index is 0.345. The van der Waals surface area contributed by atoms with Crippen molar-refractivity contribution < 1.29 is 9.90 Å². The summed E-state index contributed by atoms with van der Waals surface area (Å²) in [6.07, 6.45) is 8.54. The van der Waals surface area contributed by atoms with E-state index in [1.807, 2.05) is 12.1 Å². The van der Waals surface area contributed by atoms with Gasteiger partial charge in [-0.1, -0.05) is 12.1 Å². The van der Waals surface area contributed by atoms with Gasteiger partial charge in [0.25, 0.3) is 0 Å². The van der Waals surface area contributed by atoms with Crippen LogP contribution >= 0.6 is 0 Å². The number of aliphatic carboxylic acids is 1. The Morgan fingerprint density at radius 1 is 1.28 bits per heavy atom. The molecule has 1 aromatic heterocycles. The van der Waals surface area contributed by atoms with Crippen LogP contribution in [0.25, 0.3) is 5.57 Å².